The highest BCUT2D eigenvalue weighted by Gasteiger charge is 2.19. The van der Waals surface area contributed by atoms with Gasteiger partial charge in [0.15, 0.2) is 11.5 Å². The van der Waals surface area contributed by atoms with Crippen molar-refractivity contribution in [2.24, 2.45) is 0 Å². The van der Waals surface area contributed by atoms with Gasteiger partial charge in [-0.25, -0.2) is 4.79 Å². The number of fused-ring (bicyclic) bond motifs is 1. The SMILES string of the molecule is CC(=O)N/C(=C\c1ccccc1)C(=O)OCc1cc(Cl)c2c(c1)OCO2. The van der Waals surface area contributed by atoms with Crippen molar-refractivity contribution in [1.82, 2.24) is 5.32 Å². The van der Waals surface area contributed by atoms with Crippen LogP contribution in [0.5, 0.6) is 11.5 Å². The Morgan fingerprint density at radius 2 is 2.00 bits per heavy atom. The van der Waals surface area contributed by atoms with Gasteiger partial charge < -0.3 is 19.5 Å². The van der Waals surface area contributed by atoms with E-state index in [-0.39, 0.29) is 25.0 Å². The summed E-state index contributed by atoms with van der Waals surface area (Å²) in [5, 5.41) is 2.88. The number of carbonyl (C=O) groups is 2. The lowest BCUT2D eigenvalue weighted by atomic mass is 10.2. The molecule has 1 amide bonds. The smallest absolute Gasteiger partial charge is 0.355 e. The van der Waals surface area contributed by atoms with Gasteiger partial charge in [0.2, 0.25) is 12.7 Å². The van der Waals surface area contributed by atoms with Crippen LogP contribution in [0, 0.1) is 0 Å². The van der Waals surface area contributed by atoms with Crippen LogP contribution in [-0.2, 0) is 20.9 Å². The molecule has 1 heterocycles. The molecule has 0 bridgehead atoms. The fraction of sp³-hybridized carbons (Fsp3) is 0.158. The van der Waals surface area contributed by atoms with Crippen LogP contribution in [0.25, 0.3) is 6.08 Å². The Labute approximate surface area is 155 Å². The highest BCUT2D eigenvalue weighted by Crippen LogP contribution is 2.39. The first kappa shape index (κ1) is 17.8. The Bertz CT molecular complexity index is 864. The number of nitrogens with one attached hydrogen (secondary N) is 1. The van der Waals surface area contributed by atoms with Crippen molar-refractivity contribution in [2.75, 3.05) is 6.79 Å². The van der Waals surface area contributed by atoms with E-state index in [0.717, 1.165) is 5.56 Å². The Kier molecular flexibility index (Phi) is 5.43. The summed E-state index contributed by atoms with van der Waals surface area (Å²) in [6, 6.07) is 12.5. The van der Waals surface area contributed by atoms with Gasteiger partial charge in [0.1, 0.15) is 12.3 Å². The maximum absolute atomic E-state index is 12.4. The molecule has 2 aromatic rings. The zero-order valence-corrected chi connectivity index (χ0v) is 14.7. The van der Waals surface area contributed by atoms with Gasteiger partial charge in [-0.05, 0) is 29.3 Å². The molecule has 0 saturated carbocycles. The maximum atomic E-state index is 12.4. The highest BCUT2D eigenvalue weighted by molar-refractivity contribution is 6.32. The molecule has 7 heteroatoms. The lowest BCUT2D eigenvalue weighted by Gasteiger charge is -2.10. The van der Waals surface area contributed by atoms with E-state index in [4.69, 9.17) is 25.8 Å². The zero-order valence-electron chi connectivity index (χ0n) is 14.0. The topological polar surface area (TPSA) is 73.9 Å². The van der Waals surface area contributed by atoms with Crippen LogP contribution in [0.3, 0.4) is 0 Å². The molecule has 0 radical (unpaired) electrons. The first-order chi connectivity index (χ1) is 12.5. The van der Waals surface area contributed by atoms with Gasteiger partial charge in [-0.1, -0.05) is 41.9 Å². The predicted octanol–water partition coefficient (Wildman–Crippen LogP) is 3.29. The molecular formula is C19H16ClNO5. The standard InChI is InChI=1S/C19H16ClNO5/c1-12(22)21-16(8-13-5-3-2-4-6-13)19(23)24-10-14-7-15(20)18-17(9-14)25-11-26-18/h2-9H,10-11H2,1H3,(H,21,22)/b16-8-. The summed E-state index contributed by atoms with van der Waals surface area (Å²) in [7, 11) is 0. The number of benzene rings is 2. The van der Waals surface area contributed by atoms with Crippen molar-refractivity contribution in [3.63, 3.8) is 0 Å². The van der Waals surface area contributed by atoms with Crippen molar-refractivity contribution in [2.45, 2.75) is 13.5 Å². The summed E-state index contributed by atoms with van der Waals surface area (Å²) in [4.78, 5) is 23.8. The molecule has 6 nitrogen and oxygen atoms in total. The Morgan fingerprint density at radius 3 is 2.73 bits per heavy atom. The van der Waals surface area contributed by atoms with Gasteiger partial charge in [0, 0.05) is 6.92 Å². The maximum Gasteiger partial charge on any atom is 0.355 e. The Hall–Kier alpha value is -2.99. The van der Waals surface area contributed by atoms with Crippen molar-refractivity contribution >= 4 is 29.6 Å². The molecule has 0 unspecified atom stereocenters. The summed E-state index contributed by atoms with van der Waals surface area (Å²) < 4.78 is 15.8. The monoisotopic (exact) mass is 373 g/mol. The Balaban J connectivity index is 1.73. The number of amides is 1. The molecule has 1 N–H and O–H groups in total. The van der Waals surface area contributed by atoms with Gasteiger partial charge in [0.05, 0.1) is 5.02 Å². The van der Waals surface area contributed by atoms with E-state index < -0.39 is 5.97 Å². The van der Waals surface area contributed by atoms with Crippen LogP contribution in [0.1, 0.15) is 18.1 Å². The summed E-state index contributed by atoms with van der Waals surface area (Å²) in [5.74, 6) is -0.0387. The molecule has 0 saturated heterocycles. The van der Waals surface area contributed by atoms with Gasteiger partial charge in [-0.15, -0.1) is 0 Å². The number of rotatable bonds is 5. The molecule has 26 heavy (non-hydrogen) atoms. The average Bonchev–Trinajstić information content (AvgIpc) is 3.09. The molecule has 0 spiro atoms. The first-order valence-electron chi connectivity index (χ1n) is 7.82. The second-order valence-corrected chi connectivity index (χ2v) is 5.94. The minimum absolute atomic E-state index is 0.0269. The minimum Gasteiger partial charge on any atom is -0.456 e. The van der Waals surface area contributed by atoms with Crippen LogP contribution in [0.4, 0.5) is 0 Å². The molecule has 0 aromatic heterocycles. The van der Waals surface area contributed by atoms with Crippen LogP contribution >= 0.6 is 11.6 Å². The average molecular weight is 374 g/mol. The normalized spacial score (nSPS) is 12.6. The number of ether oxygens (including phenoxy) is 3. The lowest BCUT2D eigenvalue weighted by Crippen LogP contribution is -2.26. The molecule has 3 rings (SSSR count). The summed E-state index contributed by atoms with van der Waals surface area (Å²) >= 11 is 6.11. The lowest BCUT2D eigenvalue weighted by molar-refractivity contribution is -0.141. The second-order valence-electron chi connectivity index (χ2n) is 5.54. The van der Waals surface area contributed by atoms with Crippen molar-refractivity contribution in [1.29, 1.82) is 0 Å². The fourth-order valence-corrected chi connectivity index (χ4v) is 2.67. The Morgan fingerprint density at radius 1 is 1.23 bits per heavy atom. The fourth-order valence-electron chi connectivity index (χ4n) is 2.38. The summed E-state index contributed by atoms with van der Waals surface area (Å²) in [5.41, 5.74) is 1.46. The third-order valence-corrected chi connectivity index (χ3v) is 3.78. The van der Waals surface area contributed by atoms with E-state index in [1.807, 2.05) is 30.3 Å². The number of hydrogen-bond donors (Lipinski definition) is 1. The van der Waals surface area contributed by atoms with Crippen molar-refractivity contribution in [3.05, 3.63) is 64.3 Å². The van der Waals surface area contributed by atoms with Crippen LogP contribution in [0.15, 0.2) is 48.2 Å². The highest BCUT2D eigenvalue weighted by atomic mass is 35.5. The van der Waals surface area contributed by atoms with E-state index in [0.29, 0.717) is 22.1 Å². The molecule has 0 aliphatic carbocycles. The number of esters is 1. The first-order valence-corrected chi connectivity index (χ1v) is 8.20. The molecule has 1 aliphatic heterocycles. The van der Waals surface area contributed by atoms with E-state index >= 15 is 0 Å². The number of hydrogen-bond acceptors (Lipinski definition) is 5. The van der Waals surface area contributed by atoms with Crippen LogP contribution < -0.4 is 14.8 Å². The largest absolute Gasteiger partial charge is 0.456 e. The summed E-state index contributed by atoms with van der Waals surface area (Å²) in [6.45, 7) is 1.40. The zero-order chi connectivity index (χ0) is 18.5. The molecular weight excluding hydrogens is 358 g/mol. The summed E-state index contributed by atoms with van der Waals surface area (Å²) in [6.07, 6.45) is 1.55. The third-order valence-electron chi connectivity index (χ3n) is 3.50. The van der Waals surface area contributed by atoms with E-state index in [2.05, 4.69) is 5.32 Å². The van der Waals surface area contributed by atoms with E-state index in [1.165, 1.54) is 6.92 Å². The molecule has 1 aliphatic rings. The minimum atomic E-state index is -0.655. The van der Waals surface area contributed by atoms with E-state index in [1.54, 1.807) is 18.2 Å². The molecule has 0 atom stereocenters. The van der Waals surface area contributed by atoms with Crippen molar-refractivity contribution in [3.8, 4) is 11.5 Å². The van der Waals surface area contributed by atoms with Gasteiger partial charge in [-0.2, -0.15) is 0 Å². The predicted molar refractivity (Wildman–Crippen MR) is 95.6 cm³/mol. The quantitative estimate of drug-likeness (QED) is 0.643. The van der Waals surface area contributed by atoms with Crippen LogP contribution in [-0.4, -0.2) is 18.7 Å². The number of carbonyl (C=O) groups excluding carboxylic acids is 2. The van der Waals surface area contributed by atoms with E-state index in [9.17, 15) is 9.59 Å². The third kappa shape index (κ3) is 4.34. The molecule has 2 aromatic carbocycles. The van der Waals surface area contributed by atoms with Crippen molar-refractivity contribution < 1.29 is 23.8 Å². The number of halogens is 1. The molecule has 134 valence electrons. The van der Waals surface area contributed by atoms with Crippen LogP contribution in [0.2, 0.25) is 5.02 Å². The molecule has 0 fully saturated rings. The van der Waals surface area contributed by atoms with Gasteiger partial charge in [0.25, 0.3) is 0 Å². The van der Waals surface area contributed by atoms with Gasteiger partial charge in [-0.3, -0.25) is 4.79 Å². The van der Waals surface area contributed by atoms with Gasteiger partial charge >= 0.3 is 5.97 Å². The second kappa shape index (κ2) is 7.93.